The Morgan fingerprint density at radius 1 is 0.794 bits per heavy atom. The topological polar surface area (TPSA) is 57.2 Å². The molecule has 0 spiro atoms. The summed E-state index contributed by atoms with van der Waals surface area (Å²) in [6.45, 7) is 4.01. The monoisotopic (exact) mass is 462 g/mol. The lowest BCUT2D eigenvalue weighted by Crippen LogP contribution is -2.37. The quantitative estimate of drug-likeness (QED) is 0.319. The number of terminal acetylenes is 1. The summed E-state index contributed by atoms with van der Waals surface area (Å²) < 4.78 is 22.9. The van der Waals surface area contributed by atoms with Crippen LogP contribution in [0, 0.1) is 12.3 Å². The van der Waals surface area contributed by atoms with Gasteiger partial charge in [-0.2, -0.15) is 0 Å². The maximum absolute atomic E-state index is 9.79. The van der Waals surface area contributed by atoms with Crippen molar-refractivity contribution in [2.75, 3.05) is 34.0 Å². The van der Waals surface area contributed by atoms with Gasteiger partial charge in [-0.25, -0.2) is 0 Å². The van der Waals surface area contributed by atoms with Crippen LogP contribution in [0.1, 0.15) is 30.5 Å². The average molecular weight is 463 g/mol. The molecule has 0 amide bonds. The van der Waals surface area contributed by atoms with Gasteiger partial charge >= 0.3 is 0 Å². The highest BCUT2D eigenvalue weighted by Crippen LogP contribution is 2.41. The smallest absolute Gasteiger partial charge is 0.143 e. The van der Waals surface area contributed by atoms with Gasteiger partial charge in [0.1, 0.15) is 29.8 Å². The van der Waals surface area contributed by atoms with E-state index in [-0.39, 0.29) is 19.8 Å². The van der Waals surface area contributed by atoms with E-state index >= 15 is 0 Å². The molecule has 3 aromatic rings. The number of hydrogen-bond donors (Lipinski definition) is 1. The lowest BCUT2D eigenvalue weighted by molar-refractivity contribution is -0.0738. The number of aliphatic hydroxyl groups excluding tert-OH is 1. The van der Waals surface area contributed by atoms with Gasteiger partial charge in [0, 0.05) is 0 Å². The third-order valence-corrected chi connectivity index (χ3v) is 5.27. The first-order valence-electron chi connectivity index (χ1n) is 11.3. The Balaban J connectivity index is 0.00000199. The largest absolute Gasteiger partial charge is 0.497 e. The molecular formula is C29H34O5. The molecule has 0 aliphatic rings. The summed E-state index contributed by atoms with van der Waals surface area (Å²) in [5.41, 5.74) is 1.78. The Kier molecular flexibility index (Phi) is 11.2. The van der Waals surface area contributed by atoms with Gasteiger partial charge in [-0.3, -0.25) is 0 Å². The van der Waals surface area contributed by atoms with E-state index in [1.165, 1.54) is 0 Å². The maximum Gasteiger partial charge on any atom is 0.143 e. The molecule has 0 aliphatic heterocycles. The molecule has 34 heavy (non-hydrogen) atoms. The van der Waals surface area contributed by atoms with E-state index < -0.39 is 11.7 Å². The number of methoxy groups -OCH3 is 2. The minimum absolute atomic E-state index is 0.0952. The van der Waals surface area contributed by atoms with Crippen LogP contribution in [-0.4, -0.2) is 45.3 Å². The molecular weight excluding hydrogens is 428 g/mol. The standard InChI is InChI=1S/C27H28O5.C2H6/c1-4-18-31-26(19-28)20-32-27(21-8-6-5-7-9-21,22-10-14-24(29-2)15-11-22)23-12-16-25(30-3)17-13-23;1-2/h1,5-17,26,28H,18-20H2,2-3H3;1-2H3. The van der Waals surface area contributed by atoms with Gasteiger partial charge in [-0.05, 0) is 41.0 Å². The van der Waals surface area contributed by atoms with E-state index in [1.807, 2.05) is 92.7 Å². The lowest BCUT2D eigenvalue weighted by atomic mass is 9.80. The van der Waals surface area contributed by atoms with Crippen LogP contribution in [0.3, 0.4) is 0 Å². The van der Waals surface area contributed by atoms with Crippen LogP contribution < -0.4 is 9.47 Å². The molecule has 0 aromatic heterocycles. The number of benzene rings is 3. The van der Waals surface area contributed by atoms with Crippen molar-refractivity contribution < 1.29 is 24.1 Å². The summed E-state index contributed by atoms with van der Waals surface area (Å²) in [5.74, 6) is 3.93. The molecule has 0 fully saturated rings. The van der Waals surface area contributed by atoms with E-state index in [1.54, 1.807) is 14.2 Å². The minimum atomic E-state index is -0.966. The molecule has 3 aromatic carbocycles. The first kappa shape index (κ1) is 26.9. The Morgan fingerprint density at radius 3 is 1.68 bits per heavy atom. The van der Waals surface area contributed by atoms with Crippen LogP contribution in [0.2, 0.25) is 0 Å². The van der Waals surface area contributed by atoms with Crippen molar-refractivity contribution in [2.24, 2.45) is 0 Å². The number of ether oxygens (including phenoxy) is 4. The predicted octanol–water partition coefficient (Wildman–Crippen LogP) is 5.05. The number of hydrogen-bond acceptors (Lipinski definition) is 5. The molecule has 180 valence electrons. The fourth-order valence-corrected chi connectivity index (χ4v) is 3.61. The third-order valence-electron chi connectivity index (χ3n) is 5.27. The van der Waals surface area contributed by atoms with Crippen molar-refractivity contribution in [1.29, 1.82) is 0 Å². The summed E-state index contributed by atoms with van der Waals surface area (Å²) in [4.78, 5) is 0. The highest BCUT2D eigenvalue weighted by molar-refractivity contribution is 5.49. The molecule has 0 aliphatic carbocycles. The van der Waals surface area contributed by atoms with E-state index in [2.05, 4.69) is 5.92 Å². The van der Waals surface area contributed by atoms with Crippen LogP contribution in [0.5, 0.6) is 11.5 Å². The van der Waals surface area contributed by atoms with Crippen molar-refractivity contribution in [1.82, 2.24) is 0 Å². The fraction of sp³-hybridized carbons (Fsp3) is 0.310. The molecule has 1 N–H and O–H groups in total. The molecule has 1 atom stereocenters. The first-order chi connectivity index (χ1) is 16.7. The van der Waals surface area contributed by atoms with Crippen molar-refractivity contribution in [2.45, 2.75) is 25.6 Å². The van der Waals surface area contributed by atoms with Gasteiger partial charge in [0.25, 0.3) is 0 Å². The summed E-state index contributed by atoms with van der Waals surface area (Å²) in [5, 5.41) is 9.79. The molecule has 5 nitrogen and oxygen atoms in total. The van der Waals surface area contributed by atoms with Crippen molar-refractivity contribution in [3.63, 3.8) is 0 Å². The normalized spacial score (nSPS) is 11.5. The maximum atomic E-state index is 9.79. The first-order valence-corrected chi connectivity index (χ1v) is 11.3. The number of rotatable bonds is 11. The second-order valence-corrected chi connectivity index (χ2v) is 7.13. The average Bonchev–Trinajstić information content (AvgIpc) is 2.93. The molecule has 0 radical (unpaired) electrons. The summed E-state index contributed by atoms with van der Waals surface area (Å²) in [6.07, 6.45) is 4.76. The van der Waals surface area contributed by atoms with Crippen LogP contribution in [0.4, 0.5) is 0 Å². The summed E-state index contributed by atoms with van der Waals surface area (Å²) in [6, 6.07) is 25.5. The molecule has 5 heteroatoms. The molecule has 3 rings (SSSR count). The predicted molar refractivity (Wildman–Crippen MR) is 135 cm³/mol. The van der Waals surface area contributed by atoms with Crippen LogP contribution in [0.15, 0.2) is 78.9 Å². The minimum Gasteiger partial charge on any atom is -0.497 e. The van der Waals surface area contributed by atoms with Gasteiger partial charge in [-0.1, -0.05) is 74.4 Å². The van der Waals surface area contributed by atoms with Crippen LogP contribution in [0.25, 0.3) is 0 Å². The molecule has 0 saturated carbocycles. The highest BCUT2D eigenvalue weighted by Gasteiger charge is 2.38. The van der Waals surface area contributed by atoms with Crippen molar-refractivity contribution in [3.8, 4) is 23.8 Å². The van der Waals surface area contributed by atoms with Gasteiger partial charge in [0.05, 0.1) is 27.4 Å². The number of aliphatic hydroxyl groups is 1. The molecule has 1 unspecified atom stereocenters. The zero-order valence-electron chi connectivity index (χ0n) is 20.4. The van der Waals surface area contributed by atoms with Crippen LogP contribution in [-0.2, 0) is 15.1 Å². The van der Waals surface area contributed by atoms with E-state index in [9.17, 15) is 5.11 Å². The van der Waals surface area contributed by atoms with Gasteiger partial charge in [-0.15, -0.1) is 6.42 Å². The van der Waals surface area contributed by atoms with Gasteiger partial charge in [0.2, 0.25) is 0 Å². The Hall–Kier alpha value is -3.30. The van der Waals surface area contributed by atoms with Gasteiger partial charge in [0.15, 0.2) is 0 Å². The van der Waals surface area contributed by atoms with Crippen molar-refractivity contribution in [3.05, 3.63) is 95.6 Å². The Labute approximate surface area is 203 Å². The second-order valence-electron chi connectivity index (χ2n) is 7.13. The van der Waals surface area contributed by atoms with Gasteiger partial charge < -0.3 is 24.1 Å². The van der Waals surface area contributed by atoms with E-state index in [0.29, 0.717) is 0 Å². The Bertz CT molecular complexity index is 944. The lowest BCUT2D eigenvalue weighted by Gasteiger charge is -2.37. The zero-order chi connectivity index (χ0) is 24.8. The Morgan fingerprint density at radius 2 is 1.26 bits per heavy atom. The van der Waals surface area contributed by atoms with Crippen molar-refractivity contribution >= 4 is 0 Å². The van der Waals surface area contributed by atoms with Crippen LogP contribution >= 0.6 is 0 Å². The zero-order valence-corrected chi connectivity index (χ0v) is 20.4. The van der Waals surface area contributed by atoms with E-state index in [4.69, 9.17) is 25.4 Å². The third kappa shape index (κ3) is 6.39. The SMILES string of the molecule is C#CCOC(CO)COC(c1ccccc1)(c1ccc(OC)cc1)c1ccc(OC)cc1.CC. The summed E-state index contributed by atoms with van der Waals surface area (Å²) in [7, 11) is 3.27. The van der Waals surface area contributed by atoms with E-state index in [0.717, 1.165) is 28.2 Å². The molecule has 0 heterocycles. The summed E-state index contributed by atoms with van der Waals surface area (Å²) >= 11 is 0. The highest BCUT2D eigenvalue weighted by atomic mass is 16.5. The molecule has 0 bridgehead atoms. The second kappa shape index (κ2) is 14.1. The molecule has 0 saturated heterocycles. The fourth-order valence-electron chi connectivity index (χ4n) is 3.61.